The second-order valence-corrected chi connectivity index (χ2v) is 6.64. The molecule has 0 bridgehead atoms. The number of nitrogens with zero attached hydrogens (tertiary/aromatic N) is 1. The van der Waals surface area contributed by atoms with Crippen molar-refractivity contribution >= 4 is 21.5 Å². The van der Waals surface area contributed by atoms with Gasteiger partial charge in [0.15, 0.2) is 0 Å². The molecule has 0 saturated heterocycles. The Balaban J connectivity index is 2.35. The standard InChI is InChI=1S/C22H28N/c1-5-23(6-2,7-3)16-22-20-14-10-8-12-18(20)17(4)19-13-9-11-15-21(19)22/h8-15H,5-7,16H2,1-4H3/q+1. The summed E-state index contributed by atoms with van der Waals surface area (Å²) in [6.45, 7) is 13.9. The summed E-state index contributed by atoms with van der Waals surface area (Å²) in [5.74, 6) is 0. The molecule has 0 aliphatic carbocycles. The quantitative estimate of drug-likeness (QED) is 0.420. The van der Waals surface area contributed by atoms with Crippen LogP contribution in [-0.2, 0) is 6.54 Å². The van der Waals surface area contributed by atoms with Crippen molar-refractivity contribution in [2.75, 3.05) is 19.6 Å². The maximum atomic E-state index is 2.32. The highest BCUT2D eigenvalue weighted by molar-refractivity contribution is 6.05. The van der Waals surface area contributed by atoms with Crippen molar-refractivity contribution in [3.8, 4) is 0 Å². The first-order valence-corrected chi connectivity index (χ1v) is 8.89. The van der Waals surface area contributed by atoms with Crippen molar-refractivity contribution in [2.45, 2.75) is 34.2 Å². The van der Waals surface area contributed by atoms with E-state index in [-0.39, 0.29) is 0 Å². The number of hydrogen-bond acceptors (Lipinski definition) is 0. The van der Waals surface area contributed by atoms with Crippen LogP contribution in [0.2, 0.25) is 0 Å². The Bertz CT molecular complexity index is 763. The second kappa shape index (κ2) is 6.33. The lowest BCUT2D eigenvalue weighted by molar-refractivity contribution is -0.935. The van der Waals surface area contributed by atoms with Crippen LogP contribution < -0.4 is 0 Å². The van der Waals surface area contributed by atoms with Gasteiger partial charge >= 0.3 is 0 Å². The molecule has 0 unspecified atom stereocenters. The molecule has 120 valence electrons. The highest BCUT2D eigenvalue weighted by Gasteiger charge is 2.24. The maximum absolute atomic E-state index is 2.32. The molecule has 0 heterocycles. The molecule has 0 radical (unpaired) electrons. The van der Waals surface area contributed by atoms with E-state index in [9.17, 15) is 0 Å². The Morgan fingerprint density at radius 3 is 1.43 bits per heavy atom. The van der Waals surface area contributed by atoms with Gasteiger partial charge in [-0.05, 0) is 54.8 Å². The van der Waals surface area contributed by atoms with Crippen LogP contribution in [0.1, 0.15) is 31.9 Å². The molecule has 1 heteroatoms. The van der Waals surface area contributed by atoms with Crippen LogP contribution in [0.15, 0.2) is 48.5 Å². The average molecular weight is 306 g/mol. The maximum Gasteiger partial charge on any atom is 0.106 e. The van der Waals surface area contributed by atoms with Gasteiger partial charge < -0.3 is 4.48 Å². The van der Waals surface area contributed by atoms with Gasteiger partial charge in [-0.15, -0.1) is 0 Å². The fourth-order valence-electron chi connectivity index (χ4n) is 3.95. The highest BCUT2D eigenvalue weighted by atomic mass is 15.3. The molecule has 0 aromatic heterocycles. The summed E-state index contributed by atoms with van der Waals surface area (Å²) in [6.07, 6.45) is 0. The monoisotopic (exact) mass is 306 g/mol. The minimum atomic E-state index is 1.12. The Labute approximate surface area is 140 Å². The van der Waals surface area contributed by atoms with Gasteiger partial charge in [-0.2, -0.15) is 0 Å². The fraction of sp³-hybridized carbons (Fsp3) is 0.364. The molecule has 0 aliphatic rings. The van der Waals surface area contributed by atoms with Crippen LogP contribution in [-0.4, -0.2) is 24.1 Å². The molecule has 0 atom stereocenters. The lowest BCUT2D eigenvalue weighted by Crippen LogP contribution is -2.46. The van der Waals surface area contributed by atoms with Crippen molar-refractivity contribution in [2.24, 2.45) is 0 Å². The number of hydrogen-bond donors (Lipinski definition) is 0. The van der Waals surface area contributed by atoms with E-state index in [1.165, 1.54) is 52.3 Å². The third-order valence-electron chi connectivity index (χ3n) is 5.82. The number of aryl methyl sites for hydroxylation is 1. The largest absolute Gasteiger partial charge is 0.321 e. The first-order valence-electron chi connectivity index (χ1n) is 8.89. The van der Waals surface area contributed by atoms with E-state index in [2.05, 4.69) is 76.2 Å². The topological polar surface area (TPSA) is 0 Å². The Hall–Kier alpha value is -1.86. The van der Waals surface area contributed by atoms with Crippen molar-refractivity contribution in [3.63, 3.8) is 0 Å². The Morgan fingerprint density at radius 1 is 0.652 bits per heavy atom. The number of fused-ring (bicyclic) bond motifs is 2. The van der Waals surface area contributed by atoms with E-state index < -0.39 is 0 Å². The molecule has 23 heavy (non-hydrogen) atoms. The minimum absolute atomic E-state index is 1.12. The van der Waals surface area contributed by atoms with Crippen LogP contribution in [0.3, 0.4) is 0 Å². The second-order valence-electron chi connectivity index (χ2n) is 6.64. The zero-order valence-corrected chi connectivity index (χ0v) is 14.9. The first-order chi connectivity index (χ1) is 11.2. The third-order valence-corrected chi connectivity index (χ3v) is 5.82. The molecule has 0 spiro atoms. The SMILES string of the molecule is CC[N+](CC)(CC)Cc1c2ccccc2c(C)c2ccccc12. The molecule has 1 nitrogen and oxygen atoms in total. The fourth-order valence-corrected chi connectivity index (χ4v) is 3.95. The molecular formula is C22H28N+. The number of quaternary nitrogens is 1. The van der Waals surface area contributed by atoms with Gasteiger partial charge in [-0.3, -0.25) is 0 Å². The van der Waals surface area contributed by atoms with Crippen LogP contribution in [0, 0.1) is 6.92 Å². The van der Waals surface area contributed by atoms with Gasteiger partial charge in [0.1, 0.15) is 6.54 Å². The lowest BCUT2D eigenvalue weighted by atomic mass is 9.91. The van der Waals surface area contributed by atoms with Gasteiger partial charge in [0, 0.05) is 5.56 Å². The number of rotatable bonds is 5. The van der Waals surface area contributed by atoms with E-state index in [0.29, 0.717) is 0 Å². The summed E-state index contributed by atoms with van der Waals surface area (Å²) < 4.78 is 1.15. The summed E-state index contributed by atoms with van der Waals surface area (Å²) in [7, 11) is 0. The van der Waals surface area contributed by atoms with Crippen molar-refractivity contribution in [1.29, 1.82) is 0 Å². The van der Waals surface area contributed by atoms with E-state index >= 15 is 0 Å². The molecule has 3 rings (SSSR count). The van der Waals surface area contributed by atoms with Crippen molar-refractivity contribution < 1.29 is 4.48 Å². The van der Waals surface area contributed by atoms with Gasteiger partial charge in [0.2, 0.25) is 0 Å². The van der Waals surface area contributed by atoms with Gasteiger partial charge in [0.05, 0.1) is 19.6 Å². The zero-order chi connectivity index (χ0) is 16.4. The van der Waals surface area contributed by atoms with E-state index in [0.717, 1.165) is 11.0 Å². The lowest BCUT2D eigenvalue weighted by Gasteiger charge is -2.36. The molecule has 0 amide bonds. The summed E-state index contributed by atoms with van der Waals surface area (Å²) in [4.78, 5) is 0. The highest BCUT2D eigenvalue weighted by Crippen LogP contribution is 2.34. The summed E-state index contributed by atoms with van der Waals surface area (Å²) >= 11 is 0. The normalized spacial score (nSPS) is 12.2. The van der Waals surface area contributed by atoms with E-state index in [1.54, 1.807) is 0 Å². The summed E-state index contributed by atoms with van der Waals surface area (Å²) in [5, 5.41) is 5.67. The number of benzene rings is 3. The van der Waals surface area contributed by atoms with E-state index in [1.807, 2.05) is 0 Å². The molecular weight excluding hydrogens is 278 g/mol. The van der Waals surface area contributed by atoms with Gasteiger partial charge in [-0.25, -0.2) is 0 Å². The molecule has 0 fully saturated rings. The van der Waals surface area contributed by atoms with Crippen LogP contribution in [0.25, 0.3) is 21.5 Å². The van der Waals surface area contributed by atoms with Gasteiger partial charge in [0.25, 0.3) is 0 Å². The predicted octanol–water partition coefficient (Wildman–Crippen LogP) is 5.68. The van der Waals surface area contributed by atoms with Crippen LogP contribution >= 0.6 is 0 Å². The predicted molar refractivity (Wildman–Crippen MR) is 102 cm³/mol. The molecule has 0 saturated carbocycles. The zero-order valence-electron chi connectivity index (χ0n) is 14.9. The first kappa shape index (κ1) is 16.0. The van der Waals surface area contributed by atoms with Gasteiger partial charge in [-0.1, -0.05) is 48.5 Å². The van der Waals surface area contributed by atoms with E-state index in [4.69, 9.17) is 0 Å². The Morgan fingerprint density at radius 2 is 1.04 bits per heavy atom. The smallest absolute Gasteiger partial charge is 0.106 e. The van der Waals surface area contributed by atoms with Crippen molar-refractivity contribution in [1.82, 2.24) is 0 Å². The third kappa shape index (κ3) is 2.64. The summed E-state index contributed by atoms with van der Waals surface area (Å²) in [6, 6.07) is 17.8. The molecule has 3 aromatic rings. The van der Waals surface area contributed by atoms with Crippen LogP contribution in [0.4, 0.5) is 0 Å². The summed E-state index contributed by atoms with van der Waals surface area (Å²) in [5.41, 5.74) is 2.93. The molecule has 0 N–H and O–H groups in total. The molecule has 3 aromatic carbocycles. The average Bonchev–Trinajstić information content (AvgIpc) is 2.63. The molecule has 0 aliphatic heterocycles. The van der Waals surface area contributed by atoms with Crippen molar-refractivity contribution in [3.05, 3.63) is 59.7 Å². The van der Waals surface area contributed by atoms with Crippen LogP contribution in [0.5, 0.6) is 0 Å². The Kier molecular flexibility index (Phi) is 4.41. The minimum Gasteiger partial charge on any atom is -0.321 e.